The lowest BCUT2D eigenvalue weighted by Gasteiger charge is -2.34. The number of hydrogen-bond acceptors (Lipinski definition) is 2. The number of para-hydroxylation sites is 2. The van der Waals surface area contributed by atoms with Gasteiger partial charge in [-0.3, -0.25) is 0 Å². The molecule has 2 aromatic carbocycles. The summed E-state index contributed by atoms with van der Waals surface area (Å²) in [5.74, 6) is 0.159. The van der Waals surface area contributed by atoms with E-state index in [0.717, 1.165) is 43.7 Å². The van der Waals surface area contributed by atoms with Crippen LogP contribution in [0.1, 0.15) is 5.56 Å². The number of anilines is 1. The molecule has 1 saturated heterocycles. The quantitative estimate of drug-likeness (QED) is 0.927. The number of benzene rings is 2. The second-order valence-electron chi connectivity index (χ2n) is 5.82. The first-order valence-corrected chi connectivity index (χ1v) is 7.83. The molecule has 5 heteroatoms. The van der Waals surface area contributed by atoms with Crippen LogP contribution in [0.15, 0.2) is 42.5 Å². The van der Waals surface area contributed by atoms with E-state index in [-0.39, 0.29) is 11.6 Å². The van der Waals surface area contributed by atoms with Gasteiger partial charge in [-0.05, 0) is 30.3 Å². The summed E-state index contributed by atoms with van der Waals surface area (Å²) in [6.45, 7) is 4.02. The molecule has 0 unspecified atom stereocenters. The van der Waals surface area contributed by atoms with Crippen LogP contribution in [-0.2, 0) is 6.54 Å². The van der Waals surface area contributed by atoms with Gasteiger partial charge in [-0.25, -0.2) is 8.78 Å². The summed E-state index contributed by atoms with van der Waals surface area (Å²) in [6, 6.07) is 11.6. The SMILES string of the molecule is COc1ccccc1N1CC[NH+](Cc2cc(F)ccc2F)CC1. The second kappa shape index (κ2) is 6.96. The number of ether oxygens (including phenoxy) is 1. The molecule has 122 valence electrons. The lowest BCUT2D eigenvalue weighted by Crippen LogP contribution is -3.13. The number of nitrogens with one attached hydrogen (secondary N) is 1. The van der Waals surface area contributed by atoms with E-state index in [1.165, 1.54) is 17.0 Å². The van der Waals surface area contributed by atoms with E-state index in [1.807, 2.05) is 18.2 Å². The van der Waals surface area contributed by atoms with Crippen molar-refractivity contribution >= 4 is 5.69 Å². The highest BCUT2D eigenvalue weighted by atomic mass is 19.1. The molecule has 1 aliphatic rings. The van der Waals surface area contributed by atoms with Crippen LogP contribution < -0.4 is 14.5 Å². The minimum atomic E-state index is -0.381. The molecule has 23 heavy (non-hydrogen) atoms. The number of rotatable bonds is 4. The molecule has 3 rings (SSSR count). The molecule has 1 aliphatic heterocycles. The van der Waals surface area contributed by atoms with Crippen LogP contribution in [0.4, 0.5) is 14.5 Å². The number of nitrogens with zero attached hydrogens (tertiary/aromatic N) is 1. The third-order valence-corrected chi connectivity index (χ3v) is 4.34. The predicted molar refractivity (Wildman–Crippen MR) is 86.0 cm³/mol. The van der Waals surface area contributed by atoms with Gasteiger partial charge in [0, 0.05) is 5.56 Å². The van der Waals surface area contributed by atoms with E-state index in [1.54, 1.807) is 7.11 Å². The molecule has 1 heterocycles. The fourth-order valence-corrected chi connectivity index (χ4v) is 3.08. The minimum absolute atomic E-state index is 0.328. The van der Waals surface area contributed by atoms with Gasteiger partial charge in [0.05, 0.1) is 39.0 Å². The summed E-state index contributed by atoms with van der Waals surface area (Å²) in [4.78, 5) is 3.55. The summed E-state index contributed by atoms with van der Waals surface area (Å²) >= 11 is 0. The Kier molecular flexibility index (Phi) is 4.76. The van der Waals surface area contributed by atoms with Crippen LogP contribution in [0.3, 0.4) is 0 Å². The highest BCUT2D eigenvalue weighted by Gasteiger charge is 2.23. The van der Waals surface area contributed by atoms with Gasteiger partial charge >= 0.3 is 0 Å². The van der Waals surface area contributed by atoms with Crippen molar-refractivity contribution in [2.75, 3.05) is 38.2 Å². The van der Waals surface area contributed by atoms with Crippen molar-refractivity contribution in [2.24, 2.45) is 0 Å². The van der Waals surface area contributed by atoms with E-state index in [9.17, 15) is 8.78 Å². The van der Waals surface area contributed by atoms with Crippen molar-refractivity contribution < 1.29 is 18.4 Å². The van der Waals surface area contributed by atoms with Crippen molar-refractivity contribution in [3.05, 3.63) is 59.7 Å². The number of quaternary nitrogens is 1. The molecule has 3 nitrogen and oxygen atoms in total. The van der Waals surface area contributed by atoms with Gasteiger partial charge in [-0.1, -0.05) is 12.1 Å². The Morgan fingerprint density at radius 2 is 1.83 bits per heavy atom. The lowest BCUT2D eigenvalue weighted by atomic mass is 10.1. The number of hydrogen-bond donors (Lipinski definition) is 1. The molecule has 0 atom stereocenters. The van der Waals surface area contributed by atoms with Crippen molar-refractivity contribution in [2.45, 2.75) is 6.54 Å². The second-order valence-corrected chi connectivity index (χ2v) is 5.82. The van der Waals surface area contributed by atoms with Gasteiger partial charge in [0.15, 0.2) is 0 Å². The van der Waals surface area contributed by atoms with Gasteiger partial charge in [0.25, 0.3) is 0 Å². The molecule has 2 aromatic rings. The van der Waals surface area contributed by atoms with Crippen LogP contribution in [0.2, 0.25) is 0 Å². The summed E-state index contributed by atoms with van der Waals surface area (Å²) in [5, 5.41) is 0. The lowest BCUT2D eigenvalue weighted by molar-refractivity contribution is -0.914. The zero-order valence-electron chi connectivity index (χ0n) is 13.2. The Morgan fingerprint density at radius 1 is 1.09 bits per heavy atom. The Labute approximate surface area is 135 Å². The normalized spacial score (nSPS) is 15.7. The van der Waals surface area contributed by atoms with E-state index >= 15 is 0 Å². The number of halogens is 2. The molecule has 0 saturated carbocycles. The summed E-state index contributed by atoms with van der Waals surface area (Å²) in [7, 11) is 1.67. The monoisotopic (exact) mass is 319 g/mol. The van der Waals surface area contributed by atoms with Crippen molar-refractivity contribution in [3.63, 3.8) is 0 Å². The molecule has 0 radical (unpaired) electrons. The van der Waals surface area contributed by atoms with E-state index in [0.29, 0.717) is 12.1 Å². The van der Waals surface area contributed by atoms with Crippen molar-refractivity contribution in [1.29, 1.82) is 0 Å². The molecule has 0 aromatic heterocycles. The van der Waals surface area contributed by atoms with Crippen molar-refractivity contribution in [1.82, 2.24) is 0 Å². The Bertz CT molecular complexity index is 670. The van der Waals surface area contributed by atoms with Gasteiger partial charge in [-0.15, -0.1) is 0 Å². The molecule has 0 aliphatic carbocycles. The molecule has 0 spiro atoms. The average Bonchev–Trinajstić information content (AvgIpc) is 2.59. The summed E-state index contributed by atoms with van der Waals surface area (Å²) < 4.78 is 32.4. The Hall–Kier alpha value is -2.14. The van der Waals surface area contributed by atoms with Gasteiger partial charge in [0.2, 0.25) is 0 Å². The smallest absolute Gasteiger partial charge is 0.142 e. The van der Waals surface area contributed by atoms with Crippen LogP contribution in [0.5, 0.6) is 5.75 Å². The molecule has 0 amide bonds. The third kappa shape index (κ3) is 3.62. The molecule has 1 fully saturated rings. The summed E-state index contributed by atoms with van der Waals surface area (Å²) in [5.41, 5.74) is 1.54. The van der Waals surface area contributed by atoms with E-state index in [4.69, 9.17) is 4.74 Å². The molecule has 0 bridgehead atoms. The molecule has 1 N–H and O–H groups in total. The van der Waals surface area contributed by atoms with Crippen LogP contribution in [-0.4, -0.2) is 33.3 Å². The van der Waals surface area contributed by atoms with Crippen molar-refractivity contribution in [3.8, 4) is 5.75 Å². The minimum Gasteiger partial charge on any atom is -0.495 e. The highest BCUT2D eigenvalue weighted by molar-refractivity contribution is 5.58. The van der Waals surface area contributed by atoms with Gasteiger partial charge in [0.1, 0.15) is 23.9 Å². The van der Waals surface area contributed by atoms with E-state index < -0.39 is 0 Å². The van der Waals surface area contributed by atoms with Crippen LogP contribution >= 0.6 is 0 Å². The topological polar surface area (TPSA) is 16.9 Å². The van der Waals surface area contributed by atoms with Gasteiger partial charge in [-0.2, -0.15) is 0 Å². The maximum Gasteiger partial charge on any atom is 0.142 e. The average molecular weight is 319 g/mol. The first-order chi connectivity index (χ1) is 11.2. The Balaban J connectivity index is 1.63. The van der Waals surface area contributed by atoms with Crippen LogP contribution in [0.25, 0.3) is 0 Å². The van der Waals surface area contributed by atoms with E-state index in [2.05, 4.69) is 11.0 Å². The Morgan fingerprint density at radius 3 is 2.57 bits per heavy atom. The van der Waals surface area contributed by atoms with Gasteiger partial charge < -0.3 is 14.5 Å². The highest BCUT2D eigenvalue weighted by Crippen LogP contribution is 2.27. The standard InChI is InChI=1S/C18H20F2N2O/c1-23-18-5-3-2-4-17(18)22-10-8-21(9-11-22)13-14-12-15(19)6-7-16(14)20/h2-7,12H,8-11,13H2,1H3/p+1. The third-order valence-electron chi connectivity index (χ3n) is 4.34. The molecular weight excluding hydrogens is 298 g/mol. The zero-order valence-corrected chi connectivity index (χ0v) is 13.2. The first-order valence-electron chi connectivity index (χ1n) is 7.83. The maximum atomic E-state index is 13.8. The fraction of sp³-hybridized carbons (Fsp3) is 0.333. The number of methoxy groups -OCH3 is 1. The number of piperazine rings is 1. The summed E-state index contributed by atoms with van der Waals surface area (Å²) in [6.07, 6.45) is 0. The maximum absolute atomic E-state index is 13.8. The predicted octanol–water partition coefficient (Wildman–Crippen LogP) is 1.88. The molecular formula is C18H21F2N2O+. The first kappa shape index (κ1) is 15.7. The fourth-order valence-electron chi connectivity index (χ4n) is 3.08. The van der Waals surface area contributed by atoms with Crippen LogP contribution in [0, 0.1) is 11.6 Å². The largest absolute Gasteiger partial charge is 0.495 e. The zero-order chi connectivity index (χ0) is 16.2.